The molecule has 0 aliphatic heterocycles. The van der Waals surface area contributed by atoms with Gasteiger partial charge in [-0.1, -0.05) is 11.6 Å². The number of carbonyl (C=O) groups is 1. The van der Waals surface area contributed by atoms with Gasteiger partial charge in [-0.2, -0.15) is 0 Å². The Morgan fingerprint density at radius 3 is 2.68 bits per heavy atom. The fourth-order valence-corrected chi connectivity index (χ4v) is 2.68. The Balaban J connectivity index is 1.49. The lowest BCUT2D eigenvalue weighted by atomic mass is 10.1. The maximum atomic E-state index is 11.9. The molecule has 5 nitrogen and oxygen atoms in total. The number of benzene rings is 2. The van der Waals surface area contributed by atoms with Crippen LogP contribution in [-0.4, -0.2) is 31.2 Å². The third kappa shape index (κ3) is 4.45. The maximum Gasteiger partial charge on any atom is 0.257 e. The lowest BCUT2D eigenvalue weighted by Crippen LogP contribution is -2.30. The summed E-state index contributed by atoms with van der Waals surface area (Å²) in [5, 5.41) is 4.60. The summed E-state index contributed by atoms with van der Waals surface area (Å²) in [5.41, 5.74) is 2.18. The number of amides is 1. The molecule has 25 heavy (non-hydrogen) atoms. The predicted molar refractivity (Wildman–Crippen MR) is 98.5 cm³/mol. The highest BCUT2D eigenvalue weighted by molar-refractivity contribution is 6.30. The normalized spacial score (nSPS) is 10.6. The van der Waals surface area contributed by atoms with Gasteiger partial charge in [-0.15, -0.1) is 0 Å². The minimum absolute atomic E-state index is 0.0245. The molecule has 0 radical (unpaired) electrons. The summed E-state index contributed by atoms with van der Waals surface area (Å²) in [6.45, 7) is 0.510. The van der Waals surface area contributed by atoms with E-state index in [2.05, 4.69) is 10.3 Å². The number of aromatic amines is 1. The summed E-state index contributed by atoms with van der Waals surface area (Å²) in [4.78, 5) is 15.1. The molecule has 0 aliphatic carbocycles. The largest absolute Gasteiger partial charge is 0.497 e. The molecule has 130 valence electrons. The number of halogens is 1. The van der Waals surface area contributed by atoms with Gasteiger partial charge in [0.2, 0.25) is 0 Å². The molecule has 2 N–H and O–H groups in total. The van der Waals surface area contributed by atoms with E-state index in [1.54, 1.807) is 31.4 Å². The molecule has 1 heterocycles. The lowest BCUT2D eigenvalue weighted by Gasteiger charge is -2.07. The topological polar surface area (TPSA) is 63.3 Å². The van der Waals surface area contributed by atoms with Crippen LogP contribution in [0, 0.1) is 0 Å². The van der Waals surface area contributed by atoms with E-state index in [1.807, 2.05) is 24.4 Å². The van der Waals surface area contributed by atoms with Gasteiger partial charge in [-0.3, -0.25) is 4.79 Å². The summed E-state index contributed by atoms with van der Waals surface area (Å²) in [5.74, 6) is 1.27. The van der Waals surface area contributed by atoms with Crippen molar-refractivity contribution in [1.29, 1.82) is 0 Å². The molecule has 6 heteroatoms. The van der Waals surface area contributed by atoms with E-state index < -0.39 is 0 Å². The van der Waals surface area contributed by atoms with Crippen molar-refractivity contribution < 1.29 is 14.3 Å². The van der Waals surface area contributed by atoms with E-state index in [-0.39, 0.29) is 12.5 Å². The SMILES string of the molecule is COc1ccc2[nH]cc(CCNC(=O)COc3ccc(Cl)cc3)c2c1. The summed E-state index contributed by atoms with van der Waals surface area (Å²) < 4.78 is 10.7. The Kier molecular flexibility index (Phi) is 5.46. The Labute approximate surface area is 150 Å². The van der Waals surface area contributed by atoms with E-state index >= 15 is 0 Å². The molecule has 0 bridgehead atoms. The first-order valence-electron chi connectivity index (χ1n) is 7.95. The first-order chi connectivity index (χ1) is 12.2. The van der Waals surface area contributed by atoms with Gasteiger partial charge in [0.1, 0.15) is 11.5 Å². The van der Waals surface area contributed by atoms with Crippen molar-refractivity contribution >= 4 is 28.4 Å². The van der Waals surface area contributed by atoms with Crippen molar-refractivity contribution in [2.45, 2.75) is 6.42 Å². The van der Waals surface area contributed by atoms with Gasteiger partial charge in [0.25, 0.3) is 5.91 Å². The quantitative estimate of drug-likeness (QED) is 0.678. The first kappa shape index (κ1) is 17.2. The minimum atomic E-state index is -0.160. The number of methoxy groups -OCH3 is 1. The van der Waals surface area contributed by atoms with Gasteiger partial charge < -0.3 is 19.8 Å². The molecule has 0 aliphatic rings. The van der Waals surface area contributed by atoms with Gasteiger partial charge in [-0.05, 0) is 54.4 Å². The second-order valence-electron chi connectivity index (χ2n) is 5.57. The number of H-pyrrole nitrogens is 1. The van der Waals surface area contributed by atoms with Crippen molar-refractivity contribution in [3.05, 3.63) is 59.2 Å². The van der Waals surface area contributed by atoms with Crippen molar-refractivity contribution in [3.63, 3.8) is 0 Å². The highest BCUT2D eigenvalue weighted by Gasteiger charge is 2.07. The van der Waals surface area contributed by atoms with E-state index in [0.717, 1.165) is 28.6 Å². The number of ether oxygens (including phenoxy) is 2. The van der Waals surface area contributed by atoms with Crippen LogP contribution in [0.5, 0.6) is 11.5 Å². The minimum Gasteiger partial charge on any atom is -0.497 e. The zero-order chi connectivity index (χ0) is 17.6. The van der Waals surface area contributed by atoms with Crippen LogP contribution >= 0.6 is 11.6 Å². The molecule has 0 spiro atoms. The van der Waals surface area contributed by atoms with Crippen molar-refractivity contribution in [2.75, 3.05) is 20.3 Å². The van der Waals surface area contributed by atoms with Gasteiger partial charge in [-0.25, -0.2) is 0 Å². The number of hydrogen-bond acceptors (Lipinski definition) is 3. The predicted octanol–water partition coefficient (Wildman–Crippen LogP) is 3.57. The standard InChI is InChI=1S/C19H19ClN2O3/c1-24-16-6-7-18-17(10-16)13(11-22-18)8-9-21-19(23)12-25-15-4-2-14(20)3-5-15/h2-7,10-11,22H,8-9,12H2,1H3,(H,21,23). The maximum absolute atomic E-state index is 11.9. The third-order valence-electron chi connectivity index (χ3n) is 3.87. The van der Waals surface area contributed by atoms with E-state index in [0.29, 0.717) is 17.3 Å². The lowest BCUT2D eigenvalue weighted by molar-refractivity contribution is -0.123. The molecular weight excluding hydrogens is 340 g/mol. The van der Waals surface area contributed by atoms with Crippen LogP contribution in [0.2, 0.25) is 5.02 Å². The van der Waals surface area contributed by atoms with Crippen LogP contribution in [-0.2, 0) is 11.2 Å². The molecule has 0 unspecified atom stereocenters. The molecule has 2 aromatic carbocycles. The zero-order valence-electron chi connectivity index (χ0n) is 13.8. The second-order valence-corrected chi connectivity index (χ2v) is 6.00. The van der Waals surface area contributed by atoms with Gasteiger partial charge in [0.15, 0.2) is 6.61 Å². The molecule has 0 atom stereocenters. The monoisotopic (exact) mass is 358 g/mol. The number of fused-ring (bicyclic) bond motifs is 1. The fourth-order valence-electron chi connectivity index (χ4n) is 2.56. The highest BCUT2D eigenvalue weighted by Crippen LogP contribution is 2.23. The summed E-state index contributed by atoms with van der Waals surface area (Å²) in [6.07, 6.45) is 2.68. The average Bonchev–Trinajstić information content (AvgIpc) is 3.03. The Bertz CT molecular complexity index is 859. The summed E-state index contributed by atoms with van der Waals surface area (Å²) >= 11 is 5.81. The van der Waals surface area contributed by atoms with Crippen molar-refractivity contribution in [2.24, 2.45) is 0 Å². The molecule has 0 saturated carbocycles. The molecule has 1 aromatic heterocycles. The van der Waals surface area contributed by atoms with Crippen LogP contribution in [0.3, 0.4) is 0 Å². The molecule has 3 aromatic rings. The van der Waals surface area contributed by atoms with E-state index in [4.69, 9.17) is 21.1 Å². The Morgan fingerprint density at radius 2 is 1.92 bits per heavy atom. The van der Waals surface area contributed by atoms with Crippen LogP contribution in [0.15, 0.2) is 48.7 Å². The summed E-state index contributed by atoms with van der Waals surface area (Å²) in [7, 11) is 1.65. The first-order valence-corrected chi connectivity index (χ1v) is 8.32. The van der Waals surface area contributed by atoms with Crippen LogP contribution in [0.1, 0.15) is 5.56 Å². The molecule has 0 fully saturated rings. The summed E-state index contributed by atoms with van der Waals surface area (Å²) in [6, 6.07) is 12.8. The molecule has 1 amide bonds. The Hall–Kier alpha value is -2.66. The van der Waals surface area contributed by atoms with Crippen LogP contribution in [0.4, 0.5) is 0 Å². The molecule has 3 rings (SSSR count). The van der Waals surface area contributed by atoms with Gasteiger partial charge in [0, 0.05) is 28.7 Å². The highest BCUT2D eigenvalue weighted by atomic mass is 35.5. The van der Waals surface area contributed by atoms with Crippen LogP contribution < -0.4 is 14.8 Å². The number of rotatable bonds is 7. The van der Waals surface area contributed by atoms with Crippen molar-refractivity contribution in [1.82, 2.24) is 10.3 Å². The average molecular weight is 359 g/mol. The number of nitrogens with one attached hydrogen (secondary N) is 2. The number of hydrogen-bond donors (Lipinski definition) is 2. The second kappa shape index (κ2) is 7.94. The van der Waals surface area contributed by atoms with Gasteiger partial charge >= 0.3 is 0 Å². The Morgan fingerprint density at radius 1 is 1.16 bits per heavy atom. The number of carbonyl (C=O) groups excluding carboxylic acids is 1. The fraction of sp³-hybridized carbons (Fsp3) is 0.211. The van der Waals surface area contributed by atoms with Gasteiger partial charge in [0.05, 0.1) is 7.11 Å². The third-order valence-corrected chi connectivity index (χ3v) is 4.13. The smallest absolute Gasteiger partial charge is 0.257 e. The molecular formula is C19H19ClN2O3. The van der Waals surface area contributed by atoms with Crippen LogP contribution in [0.25, 0.3) is 10.9 Å². The number of aromatic nitrogens is 1. The zero-order valence-corrected chi connectivity index (χ0v) is 14.6. The van der Waals surface area contributed by atoms with E-state index in [9.17, 15) is 4.79 Å². The van der Waals surface area contributed by atoms with Crippen molar-refractivity contribution in [3.8, 4) is 11.5 Å². The molecule has 0 saturated heterocycles. The van der Waals surface area contributed by atoms with E-state index in [1.165, 1.54) is 0 Å².